The van der Waals surface area contributed by atoms with E-state index in [0.717, 1.165) is 19.6 Å². The number of azide groups is 1. The van der Waals surface area contributed by atoms with Crippen molar-refractivity contribution in [2.24, 2.45) is 11.0 Å². The van der Waals surface area contributed by atoms with Gasteiger partial charge in [0.15, 0.2) is 0 Å². The fourth-order valence-electron chi connectivity index (χ4n) is 2.55. The SMILES string of the molecule is CC(C)CN1CCN(S(=O)(=O)c2ccc(N=[N+]=[N-])cc2)CC1. The highest BCUT2D eigenvalue weighted by Gasteiger charge is 2.28. The van der Waals surface area contributed by atoms with Gasteiger partial charge in [-0.05, 0) is 23.6 Å². The van der Waals surface area contributed by atoms with E-state index in [9.17, 15) is 8.42 Å². The largest absolute Gasteiger partial charge is 0.300 e. The van der Waals surface area contributed by atoms with Gasteiger partial charge in [-0.3, -0.25) is 0 Å². The van der Waals surface area contributed by atoms with Crippen LogP contribution in [0.15, 0.2) is 34.3 Å². The molecular weight excluding hydrogens is 302 g/mol. The Kier molecular flexibility index (Phi) is 5.42. The number of sulfonamides is 1. The molecule has 1 saturated heterocycles. The average Bonchev–Trinajstić information content (AvgIpc) is 2.48. The van der Waals surface area contributed by atoms with Gasteiger partial charge < -0.3 is 4.90 Å². The normalized spacial score (nSPS) is 17.4. The lowest BCUT2D eigenvalue weighted by Gasteiger charge is -2.34. The van der Waals surface area contributed by atoms with Crippen molar-refractivity contribution in [3.05, 3.63) is 34.7 Å². The lowest BCUT2D eigenvalue weighted by molar-refractivity contribution is 0.172. The second-order valence-corrected chi connectivity index (χ2v) is 7.72. The Morgan fingerprint density at radius 3 is 2.27 bits per heavy atom. The van der Waals surface area contributed by atoms with Gasteiger partial charge in [0.1, 0.15) is 0 Å². The first kappa shape index (κ1) is 16.8. The van der Waals surface area contributed by atoms with Crippen molar-refractivity contribution in [2.75, 3.05) is 32.7 Å². The summed E-state index contributed by atoms with van der Waals surface area (Å²) >= 11 is 0. The minimum absolute atomic E-state index is 0.238. The van der Waals surface area contributed by atoms with Crippen LogP contribution in [0.2, 0.25) is 0 Å². The van der Waals surface area contributed by atoms with E-state index >= 15 is 0 Å². The van der Waals surface area contributed by atoms with E-state index in [1.54, 1.807) is 0 Å². The standard InChI is InChI=1S/C14H21N5O2S/c1-12(2)11-18-7-9-19(10-8-18)22(20,21)14-5-3-13(4-6-14)16-17-15/h3-6,12H,7-11H2,1-2H3. The van der Waals surface area contributed by atoms with Crippen molar-refractivity contribution in [2.45, 2.75) is 18.7 Å². The maximum Gasteiger partial charge on any atom is 0.243 e. The molecule has 0 bridgehead atoms. The number of hydrogen-bond donors (Lipinski definition) is 0. The highest BCUT2D eigenvalue weighted by atomic mass is 32.2. The van der Waals surface area contributed by atoms with Gasteiger partial charge in [0.05, 0.1) is 4.90 Å². The van der Waals surface area contributed by atoms with Crippen LogP contribution < -0.4 is 0 Å². The van der Waals surface area contributed by atoms with E-state index in [1.807, 2.05) is 0 Å². The van der Waals surface area contributed by atoms with E-state index < -0.39 is 10.0 Å². The van der Waals surface area contributed by atoms with E-state index in [2.05, 4.69) is 28.8 Å². The molecule has 7 nitrogen and oxygen atoms in total. The van der Waals surface area contributed by atoms with Crippen molar-refractivity contribution >= 4 is 15.7 Å². The Balaban J connectivity index is 2.06. The Hall–Kier alpha value is -1.60. The second-order valence-electron chi connectivity index (χ2n) is 5.78. The third-order valence-electron chi connectivity index (χ3n) is 3.59. The molecule has 0 aromatic heterocycles. The van der Waals surface area contributed by atoms with Gasteiger partial charge in [-0.15, -0.1) is 0 Å². The first-order chi connectivity index (χ1) is 10.4. The zero-order chi connectivity index (χ0) is 16.2. The summed E-state index contributed by atoms with van der Waals surface area (Å²) in [5.74, 6) is 0.580. The van der Waals surface area contributed by atoms with Crippen molar-refractivity contribution in [3.8, 4) is 0 Å². The lowest BCUT2D eigenvalue weighted by Crippen LogP contribution is -2.49. The zero-order valence-corrected chi connectivity index (χ0v) is 13.7. The fraction of sp³-hybridized carbons (Fsp3) is 0.571. The molecule has 8 heteroatoms. The summed E-state index contributed by atoms with van der Waals surface area (Å²) in [6, 6.07) is 6.00. The maximum absolute atomic E-state index is 12.6. The molecule has 0 radical (unpaired) electrons. The monoisotopic (exact) mass is 323 g/mol. The number of hydrogen-bond acceptors (Lipinski definition) is 4. The van der Waals surface area contributed by atoms with Crippen molar-refractivity contribution in [1.29, 1.82) is 0 Å². The third kappa shape index (κ3) is 3.98. The first-order valence-electron chi connectivity index (χ1n) is 7.31. The maximum atomic E-state index is 12.6. The number of benzene rings is 1. The van der Waals surface area contributed by atoms with Crippen LogP contribution in [-0.2, 0) is 10.0 Å². The van der Waals surface area contributed by atoms with E-state index in [1.165, 1.54) is 28.6 Å². The summed E-state index contributed by atoms with van der Waals surface area (Å²) in [7, 11) is -3.47. The smallest absolute Gasteiger partial charge is 0.243 e. The highest BCUT2D eigenvalue weighted by molar-refractivity contribution is 7.89. The van der Waals surface area contributed by atoms with Gasteiger partial charge in [0, 0.05) is 43.3 Å². The van der Waals surface area contributed by atoms with E-state index in [4.69, 9.17) is 5.53 Å². The molecule has 0 amide bonds. The van der Waals surface area contributed by atoms with Crippen molar-refractivity contribution < 1.29 is 8.42 Å². The van der Waals surface area contributed by atoms with Crippen molar-refractivity contribution in [1.82, 2.24) is 9.21 Å². The quantitative estimate of drug-likeness (QED) is 0.474. The van der Waals surface area contributed by atoms with Crippen LogP contribution in [0, 0.1) is 5.92 Å². The molecule has 120 valence electrons. The minimum Gasteiger partial charge on any atom is -0.300 e. The molecule has 0 aliphatic carbocycles. The number of rotatable bonds is 5. The summed E-state index contributed by atoms with van der Waals surface area (Å²) in [6.45, 7) is 7.85. The average molecular weight is 323 g/mol. The molecule has 1 aromatic rings. The Morgan fingerprint density at radius 1 is 1.18 bits per heavy atom. The van der Waals surface area contributed by atoms with Crippen LogP contribution >= 0.6 is 0 Å². The molecular formula is C14H21N5O2S. The second kappa shape index (κ2) is 7.11. The summed E-state index contributed by atoms with van der Waals surface area (Å²) < 4.78 is 26.7. The first-order valence-corrected chi connectivity index (χ1v) is 8.75. The van der Waals surface area contributed by atoms with E-state index in [0.29, 0.717) is 24.7 Å². The number of nitrogens with zero attached hydrogens (tertiary/aromatic N) is 5. The molecule has 0 N–H and O–H groups in total. The van der Waals surface area contributed by atoms with Gasteiger partial charge in [-0.1, -0.05) is 31.1 Å². The number of piperazine rings is 1. The van der Waals surface area contributed by atoms with Crippen LogP contribution in [0.3, 0.4) is 0 Å². The van der Waals surface area contributed by atoms with Gasteiger partial charge in [-0.2, -0.15) is 4.31 Å². The molecule has 1 aromatic carbocycles. The molecule has 1 fully saturated rings. The molecule has 0 saturated carbocycles. The predicted molar refractivity (Wildman–Crippen MR) is 85.3 cm³/mol. The summed E-state index contributed by atoms with van der Waals surface area (Å²) in [5.41, 5.74) is 8.77. The van der Waals surface area contributed by atoms with Crippen LogP contribution in [-0.4, -0.2) is 50.3 Å². The topological polar surface area (TPSA) is 89.4 Å². The summed E-state index contributed by atoms with van der Waals surface area (Å²) in [6.07, 6.45) is 0. The summed E-state index contributed by atoms with van der Waals surface area (Å²) in [4.78, 5) is 5.21. The zero-order valence-electron chi connectivity index (χ0n) is 12.9. The van der Waals surface area contributed by atoms with Crippen LogP contribution in [0.25, 0.3) is 10.4 Å². The van der Waals surface area contributed by atoms with Crippen LogP contribution in [0.5, 0.6) is 0 Å². The van der Waals surface area contributed by atoms with E-state index in [-0.39, 0.29) is 4.90 Å². The lowest BCUT2D eigenvalue weighted by atomic mass is 10.2. The molecule has 1 aliphatic rings. The molecule has 2 rings (SSSR count). The molecule has 22 heavy (non-hydrogen) atoms. The van der Waals surface area contributed by atoms with Gasteiger partial charge in [-0.25, -0.2) is 8.42 Å². The van der Waals surface area contributed by atoms with Crippen LogP contribution in [0.1, 0.15) is 13.8 Å². The molecule has 1 heterocycles. The van der Waals surface area contributed by atoms with Gasteiger partial charge in [0.25, 0.3) is 0 Å². The summed E-state index contributed by atoms with van der Waals surface area (Å²) in [5, 5.41) is 3.45. The molecule has 0 unspecified atom stereocenters. The Bertz CT molecular complexity index is 642. The molecule has 0 atom stereocenters. The molecule has 0 spiro atoms. The van der Waals surface area contributed by atoms with Gasteiger partial charge >= 0.3 is 0 Å². The molecule has 1 aliphatic heterocycles. The van der Waals surface area contributed by atoms with Gasteiger partial charge in [0.2, 0.25) is 10.0 Å². The predicted octanol–water partition coefficient (Wildman–Crippen LogP) is 2.59. The fourth-order valence-corrected chi connectivity index (χ4v) is 3.98. The van der Waals surface area contributed by atoms with Crippen molar-refractivity contribution in [3.63, 3.8) is 0 Å². The Labute approximate surface area is 131 Å². The third-order valence-corrected chi connectivity index (χ3v) is 5.50. The minimum atomic E-state index is -3.47. The highest BCUT2D eigenvalue weighted by Crippen LogP contribution is 2.21. The Morgan fingerprint density at radius 2 is 1.77 bits per heavy atom. The van der Waals surface area contributed by atoms with Crippen LogP contribution in [0.4, 0.5) is 5.69 Å².